The van der Waals surface area contributed by atoms with E-state index in [0.717, 1.165) is 5.56 Å². The summed E-state index contributed by atoms with van der Waals surface area (Å²) in [6.07, 6.45) is 3.14. The van der Waals surface area contributed by atoms with Gasteiger partial charge in [-0.25, -0.2) is 0 Å². The maximum absolute atomic E-state index is 9.97. The lowest BCUT2D eigenvalue weighted by atomic mass is 9.93. The average Bonchev–Trinajstić information content (AvgIpc) is 2.14. The van der Waals surface area contributed by atoms with Crippen molar-refractivity contribution in [2.24, 2.45) is 0 Å². The molecule has 1 aliphatic rings. The summed E-state index contributed by atoms with van der Waals surface area (Å²) in [7, 11) is 0. The lowest BCUT2D eigenvalue weighted by Crippen LogP contribution is -2.37. The van der Waals surface area contributed by atoms with E-state index in [-0.39, 0.29) is 0 Å². The van der Waals surface area contributed by atoms with Gasteiger partial charge >= 0.3 is 0 Å². The molecule has 0 bridgehead atoms. The highest BCUT2D eigenvalue weighted by atomic mass is 35.5. The Bertz CT molecular complexity index is 366. The second-order valence-corrected chi connectivity index (χ2v) is 5.06. The van der Waals surface area contributed by atoms with E-state index in [1.54, 1.807) is 18.2 Å². The Kier molecular flexibility index (Phi) is 4.09. The molecule has 1 aromatic rings. The summed E-state index contributed by atoms with van der Waals surface area (Å²) in [5.74, 6) is 0. The Morgan fingerprint density at radius 3 is 2.69 bits per heavy atom. The van der Waals surface area contributed by atoms with Crippen LogP contribution in [0, 0.1) is 0 Å². The molecule has 2 N–H and O–H groups in total. The second kappa shape index (κ2) is 5.37. The smallest absolute Gasteiger partial charge is 0.0928 e. The molecule has 1 aliphatic carbocycles. The molecule has 4 heteroatoms. The van der Waals surface area contributed by atoms with Crippen molar-refractivity contribution in [3.05, 3.63) is 33.8 Å². The van der Waals surface area contributed by atoms with Crippen LogP contribution in [0.25, 0.3) is 0 Å². The summed E-state index contributed by atoms with van der Waals surface area (Å²) in [5.41, 5.74) is 0.734. The first-order valence-electron chi connectivity index (χ1n) is 5.53. The van der Waals surface area contributed by atoms with Gasteiger partial charge in [0.1, 0.15) is 0 Å². The minimum atomic E-state index is -0.564. The monoisotopic (exact) mass is 259 g/mol. The summed E-state index contributed by atoms with van der Waals surface area (Å²) >= 11 is 11.8. The molecule has 1 unspecified atom stereocenters. The highest BCUT2D eigenvalue weighted by Crippen LogP contribution is 2.26. The van der Waals surface area contributed by atoms with Crippen LogP contribution in [0.2, 0.25) is 10.0 Å². The van der Waals surface area contributed by atoms with Gasteiger partial charge in [-0.1, -0.05) is 35.7 Å². The first-order valence-corrected chi connectivity index (χ1v) is 6.29. The maximum Gasteiger partial charge on any atom is 0.0928 e. The molecule has 16 heavy (non-hydrogen) atoms. The van der Waals surface area contributed by atoms with E-state index in [2.05, 4.69) is 5.32 Å². The highest BCUT2D eigenvalue weighted by Gasteiger charge is 2.19. The van der Waals surface area contributed by atoms with Crippen molar-refractivity contribution in [1.82, 2.24) is 5.32 Å². The zero-order chi connectivity index (χ0) is 11.5. The molecule has 2 rings (SSSR count). The van der Waals surface area contributed by atoms with Crippen molar-refractivity contribution in [2.75, 3.05) is 6.54 Å². The third-order valence-electron chi connectivity index (χ3n) is 3.03. The Morgan fingerprint density at radius 1 is 1.38 bits per heavy atom. The zero-order valence-corrected chi connectivity index (χ0v) is 10.4. The fraction of sp³-hybridized carbons (Fsp3) is 0.500. The Morgan fingerprint density at radius 2 is 2.12 bits per heavy atom. The maximum atomic E-state index is 9.97. The quantitative estimate of drug-likeness (QED) is 0.871. The first-order chi connectivity index (χ1) is 7.66. The van der Waals surface area contributed by atoms with Gasteiger partial charge in [-0.2, -0.15) is 0 Å². The molecule has 0 amide bonds. The van der Waals surface area contributed by atoms with Gasteiger partial charge in [0.25, 0.3) is 0 Å². The summed E-state index contributed by atoms with van der Waals surface area (Å²) in [5, 5.41) is 14.4. The molecular weight excluding hydrogens is 245 g/mol. The van der Waals surface area contributed by atoms with Crippen LogP contribution in [0.5, 0.6) is 0 Å². The van der Waals surface area contributed by atoms with Gasteiger partial charge in [0.2, 0.25) is 0 Å². The topological polar surface area (TPSA) is 32.3 Å². The van der Waals surface area contributed by atoms with Gasteiger partial charge in [-0.05, 0) is 25.0 Å². The Hall–Kier alpha value is -0.280. The van der Waals surface area contributed by atoms with Crippen molar-refractivity contribution in [1.29, 1.82) is 0 Å². The van der Waals surface area contributed by atoms with E-state index in [1.165, 1.54) is 19.3 Å². The van der Waals surface area contributed by atoms with Crippen LogP contribution < -0.4 is 5.32 Å². The molecule has 1 atom stereocenters. The number of aliphatic hydroxyl groups excluding tert-OH is 1. The highest BCUT2D eigenvalue weighted by molar-refractivity contribution is 6.35. The SMILES string of the molecule is OC(CNC1CCC1)c1ccc(Cl)cc1Cl. The molecular formula is C12H15Cl2NO. The van der Waals surface area contributed by atoms with Gasteiger partial charge in [0, 0.05) is 28.2 Å². The van der Waals surface area contributed by atoms with Gasteiger partial charge in [-0.15, -0.1) is 0 Å². The molecule has 0 aliphatic heterocycles. The van der Waals surface area contributed by atoms with Crippen LogP contribution in [-0.4, -0.2) is 17.7 Å². The summed E-state index contributed by atoms with van der Waals surface area (Å²) in [6, 6.07) is 5.75. The molecule has 0 saturated heterocycles. The van der Waals surface area contributed by atoms with Crippen molar-refractivity contribution >= 4 is 23.2 Å². The summed E-state index contributed by atoms with van der Waals surface area (Å²) in [4.78, 5) is 0. The molecule has 0 spiro atoms. The summed E-state index contributed by atoms with van der Waals surface area (Å²) in [6.45, 7) is 0.548. The number of rotatable bonds is 4. The molecule has 0 heterocycles. The standard InChI is InChI=1S/C12H15Cl2NO/c13-8-4-5-10(11(14)6-8)12(16)7-15-9-2-1-3-9/h4-6,9,12,15-16H,1-3,7H2. The van der Waals surface area contributed by atoms with Crippen LogP contribution >= 0.6 is 23.2 Å². The van der Waals surface area contributed by atoms with Crippen LogP contribution in [0.1, 0.15) is 30.9 Å². The number of halogens is 2. The van der Waals surface area contributed by atoms with Crippen molar-refractivity contribution in [2.45, 2.75) is 31.4 Å². The lowest BCUT2D eigenvalue weighted by Gasteiger charge is -2.27. The lowest BCUT2D eigenvalue weighted by molar-refractivity contribution is 0.161. The average molecular weight is 260 g/mol. The molecule has 88 valence electrons. The minimum Gasteiger partial charge on any atom is -0.387 e. The molecule has 1 fully saturated rings. The molecule has 1 aromatic carbocycles. The van der Waals surface area contributed by atoms with Crippen molar-refractivity contribution < 1.29 is 5.11 Å². The number of nitrogens with one attached hydrogen (secondary N) is 1. The molecule has 0 aromatic heterocycles. The van der Waals surface area contributed by atoms with E-state index < -0.39 is 6.10 Å². The zero-order valence-electron chi connectivity index (χ0n) is 8.92. The predicted molar refractivity (Wildman–Crippen MR) is 67.1 cm³/mol. The Labute approximate surface area is 106 Å². The van der Waals surface area contributed by atoms with Crippen LogP contribution in [0.4, 0.5) is 0 Å². The normalized spacial score (nSPS) is 18.2. The minimum absolute atomic E-state index is 0.524. The van der Waals surface area contributed by atoms with Crippen LogP contribution in [0.15, 0.2) is 18.2 Å². The van der Waals surface area contributed by atoms with Crippen molar-refractivity contribution in [3.8, 4) is 0 Å². The second-order valence-electron chi connectivity index (χ2n) is 4.22. The predicted octanol–water partition coefficient (Wildman–Crippen LogP) is 3.17. The molecule has 1 saturated carbocycles. The fourth-order valence-electron chi connectivity index (χ4n) is 1.77. The third-order valence-corrected chi connectivity index (χ3v) is 3.59. The Balaban J connectivity index is 1.93. The number of aliphatic hydroxyl groups is 1. The van der Waals surface area contributed by atoms with E-state index in [1.807, 2.05) is 0 Å². The van der Waals surface area contributed by atoms with E-state index >= 15 is 0 Å². The number of hydrogen-bond acceptors (Lipinski definition) is 2. The first kappa shape index (κ1) is 12.2. The number of hydrogen-bond donors (Lipinski definition) is 2. The largest absolute Gasteiger partial charge is 0.387 e. The van der Waals surface area contributed by atoms with Crippen molar-refractivity contribution in [3.63, 3.8) is 0 Å². The summed E-state index contributed by atoms with van der Waals surface area (Å²) < 4.78 is 0. The third kappa shape index (κ3) is 2.89. The molecule has 2 nitrogen and oxygen atoms in total. The van der Waals surface area contributed by atoms with E-state index in [0.29, 0.717) is 22.6 Å². The van der Waals surface area contributed by atoms with Gasteiger partial charge in [0.15, 0.2) is 0 Å². The van der Waals surface area contributed by atoms with Crippen LogP contribution in [0.3, 0.4) is 0 Å². The van der Waals surface area contributed by atoms with Gasteiger partial charge in [0.05, 0.1) is 6.10 Å². The van der Waals surface area contributed by atoms with E-state index in [4.69, 9.17) is 23.2 Å². The fourth-order valence-corrected chi connectivity index (χ4v) is 2.31. The van der Waals surface area contributed by atoms with Gasteiger partial charge < -0.3 is 10.4 Å². The van der Waals surface area contributed by atoms with Crippen LogP contribution in [-0.2, 0) is 0 Å². The molecule has 0 radical (unpaired) electrons. The van der Waals surface area contributed by atoms with E-state index in [9.17, 15) is 5.11 Å². The number of benzene rings is 1. The van der Waals surface area contributed by atoms with Gasteiger partial charge in [-0.3, -0.25) is 0 Å².